The summed E-state index contributed by atoms with van der Waals surface area (Å²) in [6.07, 6.45) is 5.54. The van der Waals surface area contributed by atoms with Crippen molar-refractivity contribution >= 4 is 16.9 Å². The Bertz CT molecular complexity index is 1140. The van der Waals surface area contributed by atoms with Crippen LogP contribution in [0.25, 0.3) is 22.3 Å². The number of fused-ring (bicyclic) bond motifs is 2. The molecule has 4 heterocycles. The molecule has 6 rings (SSSR count). The lowest BCUT2D eigenvalue weighted by Gasteiger charge is -2.27. The first-order valence-corrected chi connectivity index (χ1v) is 10.2. The maximum Gasteiger partial charge on any atom is 0.255 e. The number of nitrogens with one attached hydrogen (secondary N) is 3. The third-order valence-electron chi connectivity index (χ3n) is 5.73. The van der Waals surface area contributed by atoms with E-state index in [1.54, 1.807) is 6.20 Å². The SMILES string of the molecule is O=C(NC1CNC1)c1c[nH]c2c(-c3c(OCC4CC4)ccc4c3OCO4)ncnc12. The summed E-state index contributed by atoms with van der Waals surface area (Å²) in [7, 11) is 0. The average Bonchev–Trinajstić information content (AvgIpc) is 3.25. The van der Waals surface area contributed by atoms with Gasteiger partial charge in [0.1, 0.15) is 23.3 Å². The van der Waals surface area contributed by atoms with Crippen LogP contribution in [0.3, 0.4) is 0 Å². The van der Waals surface area contributed by atoms with Crippen molar-refractivity contribution in [3.05, 3.63) is 30.2 Å². The second-order valence-corrected chi connectivity index (χ2v) is 7.90. The Balaban J connectivity index is 1.43. The molecule has 0 radical (unpaired) electrons. The van der Waals surface area contributed by atoms with Gasteiger partial charge in [0.05, 0.1) is 29.3 Å². The molecule has 3 aliphatic rings. The standard InChI is InChI=1S/C21H21N5O4/c27-21(26-12-5-22-6-12)13-7-23-19-17(13)24-9-25-18(19)16-14(28-8-11-1-2-11)3-4-15-20(16)30-10-29-15/h3-4,7,9,11-12,22-23H,1-2,5-6,8,10H2,(H,26,27). The van der Waals surface area contributed by atoms with Crippen LogP contribution in [-0.2, 0) is 0 Å². The van der Waals surface area contributed by atoms with Gasteiger partial charge in [0.2, 0.25) is 6.79 Å². The zero-order valence-electron chi connectivity index (χ0n) is 16.2. The molecule has 1 aliphatic carbocycles. The number of hydrogen-bond donors (Lipinski definition) is 3. The number of carbonyl (C=O) groups is 1. The molecule has 2 aromatic heterocycles. The van der Waals surface area contributed by atoms with Crippen molar-refractivity contribution in [3.8, 4) is 28.5 Å². The molecular weight excluding hydrogens is 386 g/mol. The van der Waals surface area contributed by atoms with Crippen LogP contribution in [-0.4, -0.2) is 53.4 Å². The predicted molar refractivity (Wildman–Crippen MR) is 108 cm³/mol. The highest BCUT2D eigenvalue weighted by Gasteiger charge is 2.29. The molecular formula is C21H21N5O4. The predicted octanol–water partition coefficient (Wildman–Crippen LogP) is 1.84. The zero-order chi connectivity index (χ0) is 20.1. The number of benzene rings is 1. The number of hydrogen-bond acceptors (Lipinski definition) is 7. The number of rotatable bonds is 6. The Hall–Kier alpha value is -3.33. The van der Waals surface area contributed by atoms with Crippen molar-refractivity contribution in [2.24, 2.45) is 5.92 Å². The van der Waals surface area contributed by atoms with Crippen LogP contribution in [0.15, 0.2) is 24.7 Å². The summed E-state index contributed by atoms with van der Waals surface area (Å²) in [5.41, 5.74) is 3.06. The lowest BCUT2D eigenvalue weighted by molar-refractivity contribution is 0.0925. The minimum absolute atomic E-state index is 0.147. The van der Waals surface area contributed by atoms with E-state index in [2.05, 4.69) is 25.6 Å². The van der Waals surface area contributed by atoms with Gasteiger partial charge in [-0.1, -0.05) is 0 Å². The van der Waals surface area contributed by atoms with Gasteiger partial charge in [0.25, 0.3) is 5.91 Å². The summed E-state index contributed by atoms with van der Waals surface area (Å²) < 4.78 is 17.5. The highest BCUT2D eigenvalue weighted by molar-refractivity contribution is 6.08. The first kappa shape index (κ1) is 17.5. The molecule has 3 aromatic rings. The van der Waals surface area contributed by atoms with Crippen LogP contribution in [0.2, 0.25) is 0 Å². The summed E-state index contributed by atoms with van der Waals surface area (Å²) in [5.74, 6) is 2.39. The molecule has 1 amide bonds. The van der Waals surface area contributed by atoms with Gasteiger partial charge < -0.3 is 29.8 Å². The van der Waals surface area contributed by atoms with Crippen molar-refractivity contribution in [2.75, 3.05) is 26.5 Å². The second-order valence-electron chi connectivity index (χ2n) is 7.90. The number of nitrogens with zero attached hydrogens (tertiary/aromatic N) is 2. The summed E-state index contributed by atoms with van der Waals surface area (Å²) >= 11 is 0. The van der Waals surface area contributed by atoms with Crippen LogP contribution >= 0.6 is 0 Å². The van der Waals surface area contributed by atoms with E-state index in [9.17, 15) is 4.79 Å². The molecule has 0 spiro atoms. The third kappa shape index (κ3) is 2.93. The first-order valence-electron chi connectivity index (χ1n) is 10.2. The van der Waals surface area contributed by atoms with Gasteiger partial charge in [-0.3, -0.25) is 4.79 Å². The molecule has 9 nitrogen and oxygen atoms in total. The molecule has 1 saturated carbocycles. The van der Waals surface area contributed by atoms with Crippen LogP contribution in [0.4, 0.5) is 0 Å². The zero-order valence-corrected chi connectivity index (χ0v) is 16.2. The minimum Gasteiger partial charge on any atom is -0.492 e. The van der Waals surface area contributed by atoms with E-state index in [0.717, 1.165) is 18.7 Å². The van der Waals surface area contributed by atoms with Crippen molar-refractivity contribution in [1.29, 1.82) is 0 Å². The molecule has 2 fully saturated rings. The lowest BCUT2D eigenvalue weighted by Crippen LogP contribution is -2.56. The molecule has 1 aromatic carbocycles. The number of ether oxygens (including phenoxy) is 3. The number of carbonyl (C=O) groups excluding carboxylic acids is 1. The maximum absolute atomic E-state index is 12.7. The van der Waals surface area contributed by atoms with Crippen molar-refractivity contribution < 1.29 is 19.0 Å². The molecule has 3 N–H and O–H groups in total. The lowest BCUT2D eigenvalue weighted by atomic mass is 10.1. The van der Waals surface area contributed by atoms with Crippen molar-refractivity contribution in [2.45, 2.75) is 18.9 Å². The van der Waals surface area contributed by atoms with Crippen LogP contribution in [0.1, 0.15) is 23.2 Å². The Labute approximate surface area is 172 Å². The average molecular weight is 407 g/mol. The molecule has 0 atom stereocenters. The fourth-order valence-corrected chi connectivity index (χ4v) is 3.75. The van der Waals surface area contributed by atoms with Crippen molar-refractivity contribution in [3.63, 3.8) is 0 Å². The monoisotopic (exact) mass is 407 g/mol. The summed E-state index contributed by atoms with van der Waals surface area (Å²) in [4.78, 5) is 24.8. The van der Waals surface area contributed by atoms with E-state index < -0.39 is 0 Å². The first-order chi connectivity index (χ1) is 14.8. The van der Waals surface area contributed by atoms with Crippen LogP contribution < -0.4 is 24.8 Å². The molecule has 0 unspecified atom stereocenters. The van der Waals surface area contributed by atoms with Crippen molar-refractivity contribution in [1.82, 2.24) is 25.6 Å². The van der Waals surface area contributed by atoms with Gasteiger partial charge in [-0.25, -0.2) is 9.97 Å². The Morgan fingerprint density at radius 1 is 1.23 bits per heavy atom. The smallest absolute Gasteiger partial charge is 0.255 e. The van der Waals surface area contributed by atoms with E-state index in [1.165, 1.54) is 19.2 Å². The topological polar surface area (TPSA) is 110 Å². The number of H-pyrrole nitrogens is 1. The van der Waals surface area contributed by atoms with Gasteiger partial charge in [-0.15, -0.1) is 0 Å². The van der Waals surface area contributed by atoms with Gasteiger partial charge >= 0.3 is 0 Å². The quantitative estimate of drug-likeness (QED) is 0.572. The molecule has 2 aliphatic heterocycles. The maximum atomic E-state index is 12.7. The minimum atomic E-state index is -0.152. The highest BCUT2D eigenvalue weighted by atomic mass is 16.7. The molecule has 30 heavy (non-hydrogen) atoms. The van der Waals surface area contributed by atoms with E-state index in [-0.39, 0.29) is 18.7 Å². The normalized spacial score (nSPS) is 17.7. The highest BCUT2D eigenvalue weighted by Crippen LogP contribution is 2.48. The molecule has 9 heteroatoms. The fourth-order valence-electron chi connectivity index (χ4n) is 3.75. The fraction of sp³-hybridized carbons (Fsp3) is 0.381. The largest absolute Gasteiger partial charge is 0.492 e. The molecule has 0 bridgehead atoms. The van der Waals surface area contributed by atoms with Gasteiger partial charge in [0.15, 0.2) is 11.5 Å². The summed E-state index contributed by atoms with van der Waals surface area (Å²) in [5, 5.41) is 6.16. The van der Waals surface area contributed by atoms with Gasteiger partial charge in [0, 0.05) is 19.3 Å². The number of aromatic nitrogens is 3. The van der Waals surface area contributed by atoms with E-state index in [0.29, 0.717) is 52.1 Å². The Morgan fingerprint density at radius 3 is 2.93 bits per heavy atom. The van der Waals surface area contributed by atoms with Gasteiger partial charge in [-0.05, 0) is 30.9 Å². The van der Waals surface area contributed by atoms with Crippen LogP contribution in [0, 0.1) is 5.92 Å². The van der Waals surface area contributed by atoms with E-state index in [4.69, 9.17) is 14.2 Å². The Kier molecular flexibility index (Phi) is 4.02. The van der Waals surface area contributed by atoms with Gasteiger partial charge in [-0.2, -0.15) is 0 Å². The Morgan fingerprint density at radius 2 is 2.13 bits per heavy atom. The van der Waals surface area contributed by atoms with Crippen LogP contribution in [0.5, 0.6) is 17.2 Å². The van der Waals surface area contributed by atoms with E-state index >= 15 is 0 Å². The molecule has 154 valence electrons. The third-order valence-corrected chi connectivity index (χ3v) is 5.73. The number of amides is 1. The van der Waals surface area contributed by atoms with E-state index in [1.807, 2.05) is 12.1 Å². The summed E-state index contributed by atoms with van der Waals surface area (Å²) in [6.45, 7) is 2.37. The number of aromatic amines is 1. The second kappa shape index (κ2) is 6.88. The molecule has 1 saturated heterocycles. The summed E-state index contributed by atoms with van der Waals surface area (Å²) in [6, 6.07) is 3.89.